The highest BCUT2D eigenvalue weighted by Gasteiger charge is 2.32. The van der Waals surface area contributed by atoms with Crippen molar-refractivity contribution in [2.75, 3.05) is 6.61 Å². The van der Waals surface area contributed by atoms with E-state index in [0.717, 1.165) is 5.06 Å². The lowest BCUT2D eigenvalue weighted by Crippen LogP contribution is -2.38. The Bertz CT molecular complexity index is 199. The molecule has 0 saturated carbocycles. The van der Waals surface area contributed by atoms with E-state index in [-0.39, 0.29) is 0 Å². The molecular formula is C8H15NO4. The first-order valence-electron chi connectivity index (χ1n) is 4.23. The minimum Gasteiger partial charge on any atom is -0.442 e. The average Bonchev–Trinajstić information content (AvgIpc) is 2.30. The maximum atomic E-state index is 11.3. The molecule has 1 heterocycles. The molecule has 1 aliphatic heterocycles. The maximum Gasteiger partial charge on any atom is 0.437 e. The predicted octanol–water partition coefficient (Wildman–Crippen LogP) is 0.877. The molecule has 0 aromatic rings. The predicted molar refractivity (Wildman–Crippen MR) is 44.6 cm³/mol. The van der Waals surface area contributed by atoms with Gasteiger partial charge in [-0.3, -0.25) is 4.84 Å². The van der Waals surface area contributed by atoms with Gasteiger partial charge in [0.2, 0.25) is 0 Å². The summed E-state index contributed by atoms with van der Waals surface area (Å²) in [5, 5.41) is 10.1. The van der Waals surface area contributed by atoms with Crippen molar-refractivity contribution < 1.29 is 19.5 Å². The van der Waals surface area contributed by atoms with Crippen LogP contribution < -0.4 is 0 Å². The van der Waals surface area contributed by atoms with E-state index in [0.29, 0.717) is 13.0 Å². The van der Waals surface area contributed by atoms with E-state index in [2.05, 4.69) is 0 Å². The monoisotopic (exact) mass is 189 g/mol. The number of aliphatic hydroxyl groups excluding tert-OH is 1. The first-order valence-corrected chi connectivity index (χ1v) is 4.23. The molecule has 0 aromatic carbocycles. The number of rotatable bonds is 0. The van der Waals surface area contributed by atoms with Crippen LogP contribution in [0.25, 0.3) is 0 Å². The van der Waals surface area contributed by atoms with Crippen LogP contribution in [0.5, 0.6) is 0 Å². The topological polar surface area (TPSA) is 59.0 Å². The second-order valence-corrected chi connectivity index (χ2v) is 3.91. The van der Waals surface area contributed by atoms with Gasteiger partial charge in [0, 0.05) is 6.42 Å². The number of hydrogen-bond acceptors (Lipinski definition) is 4. The maximum absolute atomic E-state index is 11.3. The largest absolute Gasteiger partial charge is 0.442 e. The molecule has 1 amide bonds. The molecule has 1 rings (SSSR count). The minimum absolute atomic E-state index is 0.348. The van der Waals surface area contributed by atoms with Crippen molar-refractivity contribution >= 4 is 6.09 Å². The van der Waals surface area contributed by atoms with Crippen molar-refractivity contribution in [3.05, 3.63) is 0 Å². The van der Waals surface area contributed by atoms with E-state index < -0.39 is 17.9 Å². The number of aliphatic hydroxyl groups is 1. The Morgan fingerprint density at radius 3 is 2.62 bits per heavy atom. The Kier molecular flexibility index (Phi) is 2.77. The average molecular weight is 189 g/mol. The summed E-state index contributed by atoms with van der Waals surface area (Å²) >= 11 is 0. The van der Waals surface area contributed by atoms with Crippen LogP contribution >= 0.6 is 0 Å². The van der Waals surface area contributed by atoms with Crippen LogP contribution in [0.15, 0.2) is 0 Å². The molecule has 76 valence electrons. The third-order valence-corrected chi connectivity index (χ3v) is 1.45. The molecule has 1 atom stereocenters. The molecule has 1 fully saturated rings. The molecule has 0 spiro atoms. The molecular weight excluding hydrogens is 174 g/mol. The summed E-state index contributed by atoms with van der Waals surface area (Å²) in [6.07, 6.45) is -1.09. The summed E-state index contributed by atoms with van der Waals surface area (Å²) in [5.74, 6) is 0. The normalized spacial score (nSPS) is 23.4. The van der Waals surface area contributed by atoms with Gasteiger partial charge in [-0.05, 0) is 20.8 Å². The molecule has 0 bridgehead atoms. The Morgan fingerprint density at radius 1 is 1.62 bits per heavy atom. The van der Waals surface area contributed by atoms with Crippen molar-refractivity contribution in [2.45, 2.75) is 39.0 Å². The SMILES string of the molecule is CC(C)(C)OC(=O)N1OCCC1O. The fourth-order valence-corrected chi connectivity index (χ4v) is 0.941. The summed E-state index contributed by atoms with van der Waals surface area (Å²) < 4.78 is 4.99. The van der Waals surface area contributed by atoms with Crippen molar-refractivity contribution in [1.29, 1.82) is 0 Å². The number of nitrogens with zero attached hydrogens (tertiary/aromatic N) is 1. The van der Waals surface area contributed by atoms with Crippen molar-refractivity contribution in [3.8, 4) is 0 Å². The standard InChI is InChI=1S/C8H15NO4/c1-8(2,3)13-7(11)9-6(10)4-5-12-9/h6,10H,4-5H2,1-3H3. The minimum atomic E-state index is -0.880. The lowest BCUT2D eigenvalue weighted by molar-refractivity contribution is -0.164. The van der Waals surface area contributed by atoms with Crippen LogP contribution in [-0.2, 0) is 9.57 Å². The smallest absolute Gasteiger partial charge is 0.437 e. The van der Waals surface area contributed by atoms with E-state index in [4.69, 9.17) is 9.57 Å². The highest BCUT2D eigenvalue weighted by atomic mass is 16.8. The Morgan fingerprint density at radius 2 is 2.23 bits per heavy atom. The summed E-state index contributed by atoms with van der Waals surface area (Å²) in [6.45, 7) is 5.62. The van der Waals surface area contributed by atoms with E-state index in [1.165, 1.54) is 0 Å². The molecule has 1 unspecified atom stereocenters. The van der Waals surface area contributed by atoms with Gasteiger partial charge in [0.05, 0.1) is 6.61 Å². The van der Waals surface area contributed by atoms with Crippen molar-refractivity contribution in [3.63, 3.8) is 0 Å². The van der Waals surface area contributed by atoms with E-state index in [9.17, 15) is 9.90 Å². The first-order chi connectivity index (χ1) is 5.90. The summed E-state index contributed by atoms with van der Waals surface area (Å²) in [5.41, 5.74) is -0.567. The van der Waals surface area contributed by atoms with Gasteiger partial charge in [0.25, 0.3) is 0 Å². The lowest BCUT2D eigenvalue weighted by Gasteiger charge is -2.24. The van der Waals surface area contributed by atoms with E-state index in [1.807, 2.05) is 0 Å². The molecule has 13 heavy (non-hydrogen) atoms. The van der Waals surface area contributed by atoms with E-state index >= 15 is 0 Å². The van der Waals surface area contributed by atoms with E-state index in [1.54, 1.807) is 20.8 Å². The highest BCUT2D eigenvalue weighted by Crippen LogP contribution is 2.16. The summed E-state index contributed by atoms with van der Waals surface area (Å²) in [4.78, 5) is 16.2. The van der Waals surface area contributed by atoms with Gasteiger partial charge >= 0.3 is 6.09 Å². The zero-order valence-corrected chi connectivity index (χ0v) is 8.11. The third-order valence-electron chi connectivity index (χ3n) is 1.45. The molecule has 0 aliphatic carbocycles. The van der Waals surface area contributed by atoms with Crippen LogP contribution in [0.2, 0.25) is 0 Å². The van der Waals surface area contributed by atoms with Crippen LogP contribution in [0, 0.1) is 0 Å². The zero-order valence-electron chi connectivity index (χ0n) is 8.11. The van der Waals surface area contributed by atoms with Crippen LogP contribution in [-0.4, -0.2) is 34.7 Å². The second kappa shape index (κ2) is 3.51. The van der Waals surface area contributed by atoms with Crippen molar-refractivity contribution in [2.24, 2.45) is 0 Å². The molecule has 0 aromatic heterocycles. The zero-order chi connectivity index (χ0) is 10.1. The lowest BCUT2D eigenvalue weighted by atomic mass is 10.2. The van der Waals surface area contributed by atoms with Gasteiger partial charge in [-0.25, -0.2) is 4.79 Å². The third kappa shape index (κ3) is 2.86. The molecule has 5 nitrogen and oxygen atoms in total. The quantitative estimate of drug-likeness (QED) is 0.614. The summed E-state index contributed by atoms with van der Waals surface area (Å²) in [7, 11) is 0. The molecule has 1 aliphatic rings. The van der Waals surface area contributed by atoms with Gasteiger partial charge in [-0.2, -0.15) is 5.06 Å². The van der Waals surface area contributed by atoms with Crippen LogP contribution in [0.4, 0.5) is 4.79 Å². The highest BCUT2D eigenvalue weighted by molar-refractivity contribution is 5.67. The van der Waals surface area contributed by atoms with Crippen molar-refractivity contribution in [1.82, 2.24) is 5.06 Å². The molecule has 0 radical (unpaired) electrons. The van der Waals surface area contributed by atoms with Gasteiger partial charge in [-0.1, -0.05) is 0 Å². The van der Waals surface area contributed by atoms with Crippen LogP contribution in [0.3, 0.4) is 0 Å². The van der Waals surface area contributed by atoms with Crippen LogP contribution in [0.1, 0.15) is 27.2 Å². The number of carbonyl (C=O) groups is 1. The fourth-order valence-electron chi connectivity index (χ4n) is 0.941. The van der Waals surface area contributed by atoms with Gasteiger partial charge in [0.1, 0.15) is 5.60 Å². The summed E-state index contributed by atoms with van der Waals surface area (Å²) in [6, 6.07) is 0. The number of ether oxygens (including phenoxy) is 1. The number of hydrogen-bond donors (Lipinski definition) is 1. The number of amides is 1. The number of hydroxylamine groups is 2. The van der Waals surface area contributed by atoms with Gasteiger partial charge in [0.15, 0.2) is 6.23 Å². The Balaban J connectivity index is 2.48. The Hall–Kier alpha value is -0.810. The molecule has 5 heteroatoms. The molecule has 1 saturated heterocycles. The molecule has 1 N–H and O–H groups in total. The second-order valence-electron chi connectivity index (χ2n) is 3.91. The Labute approximate surface area is 77.2 Å². The van der Waals surface area contributed by atoms with Gasteiger partial charge < -0.3 is 9.84 Å². The fraction of sp³-hybridized carbons (Fsp3) is 0.875. The first kappa shape index (κ1) is 10.3. The number of carbonyl (C=O) groups excluding carboxylic acids is 1. The van der Waals surface area contributed by atoms with Gasteiger partial charge in [-0.15, -0.1) is 0 Å².